The second-order valence-electron chi connectivity index (χ2n) is 3.71. The molecule has 0 spiro atoms. The largest absolute Gasteiger partial charge is 0.503 e. The van der Waals surface area contributed by atoms with Crippen LogP contribution < -0.4 is 10.5 Å². The van der Waals surface area contributed by atoms with Gasteiger partial charge in [0.15, 0.2) is 11.5 Å². The van der Waals surface area contributed by atoms with E-state index in [1.54, 1.807) is 6.92 Å². The van der Waals surface area contributed by atoms with E-state index in [1.807, 2.05) is 0 Å². The summed E-state index contributed by atoms with van der Waals surface area (Å²) in [6.07, 6.45) is -5.47. The Bertz CT molecular complexity index is 423. The van der Waals surface area contributed by atoms with Crippen LogP contribution in [0.4, 0.5) is 13.2 Å². The fourth-order valence-corrected chi connectivity index (χ4v) is 1.90. The molecule has 3 nitrogen and oxygen atoms in total. The Hall–Kier alpha value is -0.950. The highest BCUT2D eigenvalue weighted by atomic mass is 79.9. The van der Waals surface area contributed by atoms with Crippen molar-refractivity contribution >= 4 is 15.9 Å². The van der Waals surface area contributed by atoms with Crippen molar-refractivity contribution in [2.45, 2.75) is 25.6 Å². The molecule has 102 valence electrons. The molecule has 1 aromatic rings. The minimum absolute atomic E-state index is 0.111. The molecule has 0 aliphatic heterocycles. The van der Waals surface area contributed by atoms with Gasteiger partial charge >= 0.3 is 6.18 Å². The van der Waals surface area contributed by atoms with E-state index in [0.717, 1.165) is 0 Å². The third-order valence-corrected chi connectivity index (χ3v) is 2.83. The topological polar surface area (TPSA) is 55.5 Å². The number of alkyl halides is 3. The number of aromatic hydroxyl groups is 1. The summed E-state index contributed by atoms with van der Waals surface area (Å²) in [6, 6.07) is 1.48. The lowest BCUT2D eigenvalue weighted by Gasteiger charge is -2.17. The number of hydrogen-bond acceptors (Lipinski definition) is 3. The van der Waals surface area contributed by atoms with Crippen molar-refractivity contribution in [2.75, 3.05) is 6.61 Å². The molecule has 1 atom stereocenters. The summed E-state index contributed by atoms with van der Waals surface area (Å²) in [5, 5.41) is 9.63. The molecule has 18 heavy (non-hydrogen) atoms. The van der Waals surface area contributed by atoms with Gasteiger partial charge in [-0.25, -0.2) is 0 Å². The number of phenols is 1. The molecule has 0 saturated heterocycles. The summed E-state index contributed by atoms with van der Waals surface area (Å²) in [4.78, 5) is 0. The summed E-state index contributed by atoms with van der Waals surface area (Å²) in [5.74, 6) is -0.0423. The summed E-state index contributed by atoms with van der Waals surface area (Å²) in [7, 11) is 0. The molecular weight excluding hydrogens is 315 g/mol. The van der Waals surface area contributed by atoms with Crippen molar-refractivity contribution in [3.63, 3.8) is 0 Å². The third kappa shape index (κ3) is 4.06. The van der Waals surface area contributed by atoms with Crippen LogP contribution in [-0.4, -0.2) is 17.9 Å². The average Bonchev–Trinajstić information content (AvgIpc) is 2.22. The first-order valence-electron chi connectivity index (χ1n) is 5.22. The van der Waals surface area contributed by atoms with Crippen LogP contribution in [0.15, 0.2) is 16.6 Å². The van der Waals surface area contributed by atoms with Crippen LogP contribution in [-0.2, 0) is 0 Å². The maximum atomic E-state index is 12.2. The van der Waals surface area contributed by atoms with E-state index in [2.05, 4.69) is 15.9 Å². The van der Waals surface area contributed by atoms with Gasteiger partial charge in [-0.15, -0.1) is 0 Å². The lowest BCUT2D eigenvalue weighted by Crippen LogP contribution is -2.20. The molecule has 7 heteroatoms. The maximum absolute atomic E-state index is 12.2. The van der Waals surface area contributed by atoms with Gasteiger partial charge in [-0.2, -0.15) is 13.2 Å². The second kappa shape index (κ2) is 5.79. The Balaban J connectivity index is 3.02. The van der Waals surface area contributed by atoms with E-state index in [4.69, 9.17) is 10.5 Å². The van der Waals surface area contributed by atoms with Gasteiger partial charge in [0, 0.05) is 6.04 Å². The molecule has 0 radical (unpaired) electrons. The molecule has 0 aliphatic rings. The SMILES string of the molecule is CCOc1cc([C@H](N)CC(F)(F)F)cc(Br)c1O. The quantitative estimate of drug-likeness (QED) is 0.889. The van der Waals surface area contributed by atoms with Gasteiger partial charge in [-0.3, -0.25) is 0 Å². The lowest BCUT2D eigenvalue weighted by atomic mass is 10.0. The summed E-state index contributed by atoms with van der Waals surface area (Å²) < 4.78 is 42.1. The Morgan fingerprint density at radius 2 is 2.06 bits per heavy atom. The van der Waals surface area contributed by atoms with Gasteiger partial charge in [-0.1, -0.05) is 0 Å². The fraction of sp³-hybridized carbons (Fsp3) is 0.455. The van der Waals surface area contributed by atoms with Crippen molar-refractivity contribution in [3.8, 4) is 11.5 Å². The van der Waals surface area contributed by atoms with Crippen LogP contribution in [0.3, 0.4) is 0 Å². The molecular formula is C11H13BrF3NO2. The van der Waals surface area contributed by atoms with E-state index in [-0.39, 0.29) is 28.1 Å². The normalized spacial score (nSPS) is 13.4. The van der Waals surface area contributed by atoms with Gasteiger partial charge in [0.05, 0.1) is 17.5 Å². The van der Waals surface area contributed by atoms with E-state index < -0.39 is 18.6 Å². The van der Waals surface area contributed by atoms with Crippen molar-refractivity contribution < 1.29 is 23.0 Å². The predicted octanol–water partition coefficient (Wildman–Crippen LogP) is 3.51. The highest BCUT2D eigenvalue weighted by Gasteiger charge is 2.31. The molecule has 1 rings (SSSR count). The number of benzene rings is 1. The summed E-state index contributed by atoms with van der Waals surface area (Å²) in [6.45, 7) is 1.99. The number of nitrogens with two attached hydrogens (primary N) is 1. The number of halogens is 4. The molecule has 0 amide bonds. The molecule has 1 aromatic carbocycles. The number of ether oxygens (including phenoxy) is 1. The van der Waals surface area contributed by atoms with Gasteiger partial charge in [0.25, 0.3) is 0 Å². The number of hydrogen-bond donors (Lipinski definition) is 2. The first-order valence-corrected chi connectivity index (χ1v) is 6.01. The molecule has 3 N–H and O–H groups in total. The van der Waals surface area contributed by atoms with Crippen LogP contribution >= 0.6 is 15.9 Å². The van der Waals surface area contributed by atoms with Gasteiger partial charge in [0.1, 0.15) is 0 Å². The van der Waals surface area contributed by atoms with Crippen LogP contribution in [0.2, 0.25) is 0 Å². The average molecular weight is 328 g/mol. The second-order valence-corrected chi connectivity index (χ2v) is 4.56. The zero-order chi connectivity index (χ0) is 13.9. The number of rotatable bonds is 4. The standard InChI is InChI=1S/C11H13BrF3NO2/c1-2-18-9-4-6(3-7(12)10(9)17)8(16)5-11(13,14)15/h3-4,8,17H,2,5,16H2,1H3/t8-/m1/s1. The van der Waals surface area contributed by atoms with E-state index in [0.29, 0.717) is 0 Å². The molecule has 0 aromatic heterocycles. The zero-order valence-corrected chi connectivity index (χ0v) is 11.2. The van der Waals surface area contributed by atoms with E-state index >= 15 is 0 Å². The molecule has 0 fully saturated rings. The first-order chi connectivity index (χ1) is 8.24. The number of phenolic OH excluding ortho intramolecular Hbond substituents is 1. The van der Waals surface area contributed by atoms with Gasteiger partial charge in [0.2, 0.25) is 0 Å². The Kier molecular flexibility index (Phi) is 4.86. The smallest absolute Gasteiger partial charge is 0.390 e. The Morgan fingerprint density at radius 1 is 1.44 bits per heavy atom. The lowest BCUT2D eigenvalue weighted by molar-refractivity contribution is -0.138. The Labute approximate surface area is 111 Å². The fourth-order valence-electron chi connectivity index (χ4n) is 1.44. The van der Waals surface area contributed by atoms with E-state index in [1.165, 1.54) is 12.1 Å². The minimum Gasteiger partial charge on any atom is -0.503 e. The summed E-state index contributed by atoms with van der Waals surface area (Å²) in [5.41, 5.74) is 5.74. The molecule has 0 heterocycles. The molecule has 0 saturated carbocycles. The molecule has 0 unspecified atom stereocenters. The highest BCUT2D eigenvalue weighted by Crippen LogP contribution is 2.38. The van der Waals surface area contributed by atoms with Gasteiger partial charge in [-0.05, 0) is 40.5 Å². The molecule has 0 bridgehead atoms. The van der Waals surface area contributed by atoms with Crippen LogP contribution in [0.5, 0.6) is 11.5 Å². The van der Waals surface area contributed by atoms with Crippen molar-refractivity contribution in [1.82, 2.24) is 0 Å². The highest BCUT2D eigenvalue weighted by molar-refractivity contribution is 9.10. The van der Waals surface area contributed by atoms with Crippen molar-refractivity contribution in [2.24, 2.45) is 5.73 Å². The monoisotopic (exact) mass is 327 g/mol. The van der Waals surface area contributed by atoms with Gasteiger partial charge < -0.3 is 15.6 Å². The Morgan fingerprint density at radius 3 is 2.56 bits per heavy atom. The molecule has 0 aliphatic carbocycles. The maximum Gasteiger partial charge on any atom is 0.390 e. The summed E-state index contributed by atoms with van der Waals surface area (Å²) >= 11 is 3.05. The van der Waals surface area contributed by atoms with Crippen molar-refractivity contribution in [1.29, 1.82) is 0 Å². The predicted molar refractivity (Wildman–Crippen MR) is 64.6 cm³/mol. The zero-order valence-electron chi connectivity index (χ0n) is 9.59. The third-order valence-electron chi connectivity index (χ3n) is 2.23. The minimum atomic E-state index is -4.34. The van der Waals surface area contributed by atoms with Crippen molar-refractivity contribution in [3.05, 3.63) is 22.2 Å². The van der Waals surface area contributed by atoms with E-state index in [9.17, 15) is 18.3 Å². The first kappa shape index (κ1) is 15.1. The van der Waals surface area contributed by atoms with Crippen LogP contribution in [0.25, 0.3) is 0 Å². The van der Waals surface area contributed by atoms with Crippen LogP contribution in [0, 0.1) is 0 Å². The van der Waals surface area contributed by atoms with Crippen LogP contribution in [0.1, 0.15) is 24.9 Å².